The highest BCUT2D eigenvalue weighted by molar-refractivity contribution is 5.53. The molecule has 0 atom stereocenters. The maximum atomic E-state index is 11.0. The minimum Gasteiger partial charge on any atom is -0.321 e. The second kappa shape index (κ2) is 2.90. The van der Waals surface area contributed by atoms with Crippen LogP contribution in [0.1, 0.15) is 0 Å². The Morgan fingerprint density at radius 3 is 2.85 bits per heavy atom. The number of nitrogens with zero attached hydrogens (tertiary/aromatic N) is 2. The van der Waals surface area contributed by atoms with Gasteiger partial charge in [-0.05, 0) is 12.1 Å². The van der Waals surface area contributed by atoms with Crippen molar-refractivity contribution in [2.75, 3.05) is 0 Å². The summed E-state index contributed by atoms with van der Waals surface area (Å²) in [7, 11) is 1.83. The molecular formula is C9H9N3O. The third-order valence-electron chi connectivity index (χ3n) is 1.87. The fourth-order valence-electron chi connectivity index (χ4n) is 1.24. The maximum absolute atomic E-state index is 11.0. The number of pyridine rings is 1. The van der Waals surface area contributed by atoms with E-state index in [1.807, 2.05) is 19.2 Å². The van der Waals surface area contributed by atoms with Gasteiger partial charge in [0.1, 0.15) is 0 Å². The van der Waals surface area contributed by atoms with Gasteiger partial charge in [0.15, 0.2) is 0 Å². The number of aryl methyl sites for hydroxylation is 1. The Kier molecular flexibility index (Phi) is 1.73. The molecule has 0 saturated carbocycles. The number of hydrogen-bond acceptors (Lipinski definition) is 2. The summed E-state index contributed by atoms with van der Waals surface area (Å²) in [5, 5.41) is 4.02. The molecule has 66 valence electrons. The zero-order valence-corrected chi connectivity index (χ0v) is 7.19. The first-order chi connectivity index (χ1) is 6.27. The highest BCUT2D eigenvalue weighted by Crippen LogP contribution is 2.12. The maximum Gasteiger partial charge on any atom is 0.248 e. The zero-order chi connectivity index (χ0) is 9.26. The lowest BCUT2D eigenvalue weighted by Crippen LogP contribution is -2.05. The van der Waals surface area contributed by atoms with Crippen molar-refractivity contribution in [3.8, 4) is 11.4 Å². The summed E-state index contributed by atoms with van der Waals surface area (Å²) in [6.07, 6.45) is 1.70. The second-order valence-electron chi connectivity index (χ2n) is 2.77. The van der Waals surface area contributed by atoms with Crippen molar-refractivity contribution < 1.29 is 0 Å². The highest BCUT2D eigenvalue weighted by Gasteiger charge is 2.01. The Balaban J connectivity index is 2.59. The number of aromatic amines is 1. The highest BCUT2D eigenvalue weighted by atomic mass is 16.1. The molecule has 4 heteroatoms. The Morgan fingerprint density at radius 2 is 2.23 bits per heavy atom. The van der Waals surface area contributed by atoms with Crippen LogP contribution in [0.3, 0.4) is 0 Å². The van der Waals surface area contributed by atoms with Crippen molar-refractivity contribution in [3.63, 3.8) is 0 Å². The van der Waals surface area contributed by atoms with E-state index in [4.69, 9.17) is 0 Å². The molecule has 2 aromatic heterocycles. The molecule has 0 bridgehead atoms. The van der Waals surface area contributed by atoms with Gasteiger partial charge >= 0.3 is 0 Å². The van der Waals surface area contributed by atoms with Crippen LogP contribution in [0.5, 0.6) is 0 Å². The van der Waals surface area contributed by atoms with Gasteiger partial charge in [0, 0.05) is 19.3 Å². The first-order valence-electron chi connectivity index (χ1n) is 3.95. The summed E-state index contributed by atoms with van der Waals surface area (Å²) < 4.78 is 1.71. The molecular weight excluding hydrogens is 166 g/mol. The van der Waals surface area contributed by atoms with Gasteiger partial charge in [-0.3, -0.25) is 9.48 Å². The SMILES string of the molecule is Cn1nccc1-c1cccc(=O)[nH]1. The third kappa shape index (κ3) is 1.38. The number of H-pyrrole nitrogens is 1. The van der Waals surface area contributed by atoms with Gasteiger partial charge in [0.05, 0.1) is 11.4 Å². The van der Waals surface area contributed by atoms with Crippen molar-refractivity contribution in [1.82, 2.24) is 14.8 Å². The largest absolute Gasteiger partial charge is 0.321 e. The lowest BCUT2D eigenvalue weighted by molar-refractivity contribution is 0.773. The fourth-order valence-corrected chi connectivity index (χ4v) is 1.24. The summed E-state index contributed by atoms with van der Waals surface area (Å²) in [5.41, 5.74) is 1.59. The van der Waals surface area contributed by atoms with E-state index in [0.29, 0.717) is 0 Å². The molecule has 0 unspecified atom stereocenters. The van der Waals surface area contributed by atoms with Crippen LogP contribution in [0.2, 0.25) is 0 Å². The number of nitrogens with one attached hydrogen (secondary N) is 1. The normalized spacial score (nSPS) is 10.2. The quantitative estimate of drug-likeness (QED) is 0.696. The van der Waals surface area contributed by atoms with Crippen molar-refractivity contribution in [2.45, 2.75) is 0 Å². The topological polar surface area (TPSA) is 50.7 Å². The second-order valence-corrected chi connectivity index (χ2v) is 2.77. The molecule has 2 aromatic rings. The van der Waals surface area contributed by atoms with Gasteiger partial charge in [-0.15, -0.1) is 0 Å². The molecule has 0 aromatic carbocycles. The van der Waals surface area contributed by atoms with Crippen molar-refractivity contribution in [1.29, 1.82) is 0 Å². The van der Waals surface area contributed by atoms with Gasteiger partial charge in [-0.25, -0.2) is 0 Å². The van der Waals surface area contributed by atoms with Gasteiger partial charge < -0.3 is 4.98 Å². The zero-order valence-electron chi connectivity index (χ0n) is 7.19. The minimum absolute atomic E-state index is 0.0984. The van der Waals surface area contributed by atoms with Crippen molar-refractivity contribution in [3.05, 3.63) is 40.8 Å². The molecule has 13 heavy (non-hydrogen) atoms. The predicted molar refractivity (Wildman–Crippen MR) is 49.3 cm³/mol. The molecule has 0 radical (unpaired) electrons. The van der Waals surface area contributed by atoms with E-state index < -0.39 is 0 Å². The van der Waals surface area contributed by atoms with E-state index in [-0.39, 0.29) is 5.56 Å². The minimum atomic E-state index is -0.0984. The summed E-state index contributed by atoms with van der Waals surface area (Å²) in [6.45, 7) is 0. The van der Waals surface area contributed by atoms with Crippen LogP contribution in [0.25, 0.3) is 11.4 Å². The first-order valence-corrected chi connectivity index (χ1v) is 3.95. The van der Waals surface area contributed by atoms with Crippen LogP contribution < -0.4 is 5.56 Å². The van der Waals surface area contributed by atoms with Crippen molar-refractivity contribution >= 4 is 0 Å². The lowest BCUT2D eigenvalue weighted by Gasteiger charge is -1.99. The molecule has 0 amide bonds. The third-order valence-corrected chi connectivity index (χ3v) is 1.87. The van der Waals surface area contributed by atoms with Crippen LogP contribution in [-0.4, -0.2) is 14.8 Å². The summed E-state index contributed by atoms with van der Waals surface area (Å²) in [6, 6.07) is 6.91. The van der Waals surface area contributed by atoms with E-state index in [9.17, 15) is 4.79 Å². The average molecular weight is 175 g/mol. The Morgan fingerprint density at radius 1 is 1.38 bits per heavy atom. The lowest BCUT2D eigenvalue weighted by atomic mass is 10.3. The van der Waals surface area contributed by atoms with Crippen LogP contribution in [-0.2, 0) is 7.05 Å². The van der Waals surface area contributed by atoms with Gasteiger partial charge in [-0.1, -0.05) is 6.07 Å². The van der Waals surface area contributed by atoms with Crippen LogP contribution >= 0.6 is 0 Å². The van der Waals surface area contributed by atoms with E-state index in [1.54, 1.807) is 16.9 Å². The molecule has 0 aliphatic carbocycles. The molecule has 2 heterocycles. The average Bonchev–Trinajstić information content (AvgIpc) is 2.51. The molecule has 2 rings (SSSR count). The monoisotopic (exact) mass is 175 g/mol. The number of rotatable bonds is 1. The smallest absolute Gasteiger partial charge is 0.248 e. The Labute approximate surface area is 74.8 Å². The number of hydrogen-bond donors (Lipinski definition) is 1. The van der Waals surface area contributed by atoms with E-state index in [0.717, 1.165) is 11.4 Å². The van der Waals surface area contributed by atoms with Gasteiger partial charge in [-0.2, -0.15) is 5.10 Å². The first kappa shape index (κ1) is 7.79. The summed E-state index contributed by atoms with van der Waals surface area (Å²) in [4.78, 5) is 13.7. The molecule has 0 aliphatic heterocycles. The molecule has 0 fully saturated rings. The molecule has 4 nitrogen and oxygen atoms in total. The van der Waals surface area contributed by atoms with Gasteiger partial charge in [0.25, 0.3) is 0 Å². The Hall–Kier alpha value is -1.84. The summed E-state index contributed by atoms with van der Waals surface area (Å²) >= 11 is 0. The molecule has 1 N–H and O–H groups in total. The van der Waals surface area contributed by atoms with Gasteiger partial charge in [0.2, 0.25) is 5.56 Å². The molecule has 0 aliphatic rings. The molecule has 0 saturated heterocycles. The van der Waals surface area contributed by atoms with Crippen LogP contribution in [0.4, 0.5) is 0 Å². The van der Waals surface area contributed by atoms with E-state index in [1.165, 1.54) is 6.07 Å². The van der Waals surface area contributed by atoms with Crippen LogP contribution in [0, 0.1) is 0 Å². The van der Waals surface area contributed by atoms with E-state index >= 15 is 0 Å². The van der Waals surface area contributed by atoms with Crippen LogP contribution in [0.15, 0.2) is 35.3 Å². The Bertz CT molecular complexity index is 469. The number of aromatic nitrogens is 3. The fraction of sp³-hybridized carbons (Fsp3) is 0.111. The standard InChI is InChI=1S/C9H9N3O/c1-12-8(5-6-10-12)7-3-2-4-9(13)11-7/h2-6H,1H3,(H,11,13). The van der Waals surface area contributed by atoms with E-state index in [2.05, 4.69) is 10.1 Å². The summed E-state index contributed by atoms with van der Waals surface area (Å²) in [5.74, 6) is 0. The van der Waals surface area contributed by atoms with Crippen molar-refractivity contribution in [2.24, 2.45) is 7.05 Å². The predicted octanol–water partition coefficient (Wildman–Crippen LogP) is 0.775. The molecule has 0 spiro atoms.